The minimum absolute atomic E-state index is 0.155. The SMILES string of the molecule is CC1(C)CCN(S(=O)(=O)CCC2CCNCC2)C1. The third-order valence-corrected chi connectivity index (χ3v) is 6.13. The highest BCUT2D eigenvalue weighted by Crippen LogP contribution is 2.31. The number of rotatable bonds is 4. The van der Waals surface area contributed by atoms with E-state index in [0.717, 1.165) is 38.8 Å². The van der Waals surface area contributed by atoms with Crippen molar-refractivity contribution in [3.63, 3.8) is 0 Å². The zero-order valence-corrected chi connectivity index (χ0v) is 12.4. The van der Waals surface area contributed by atoms with Crippen molar-refractivity contribution in [3.8, 4) is 0 Å². The smallest absolute Gasteiger partial charge is 0.214 e. The molecule has 106 valence electrons. The van der Waals surface area contributed by atoms with Gasteiger partial charge in [0.25, 0.3) is 0 Å². The highest BCUT2D eigenvalue weighted by Gasteiger charge is 2.35. The summed E-state index contributed by atoms with van der Waals surface area (Å²) in [6.07, 6.45) is 4.07. The molecule has 0 amide bonds. The van der Waals surface area contributed by atoms with E-state index in [-0.39, 0.29) is 5.41 Å². The van der Waals surface area contributed by atoms with Crippen molar-refractivity contribution in [1.82, 2.24) is 9.62 Å². The maximum absolute atomic E-state index is 12.3. The minimum Gasteiger partial charge on any atom is -0.317 e. The molecule has 0 unspecified atom stereocenters. The largest absolute Gasteiger partial charge is 0.317 e. The van der Waals surface area contributed by atoms with Crippen LogP contribution in [0.25, 0.3) is 0 Å². The van der Waals surface area contributed by atoms with Crippen molar-refractivity contribution in [2.45, 2.75) is 39.5 Å². The van der Waals surface area contributed by atoms with Crippen LogP contribution in [-0.4, -0.2) is 44.7 Å². The molecule has 0 bridgehead atoms. The predicted octanol–water partition coefficient (Wildman–Crippen LogP) is 1.44. The Hall–Kier alpha value is -0.130. The summed E-state index contributed by atoms with van der Waals surface area (Å²) in [5.41, 5.74) is 0.155. The van der Waals surface area contributed by atoms with E-state index in [1.54, 1.807) is 4.31 Å². The van der Waals surface area contributed by atoms with Gasteiger partial charge in [-0.15, -0.1) is 0 Å². The minimum atomic E-state index is -3.02. The third-order valence-electron chi connectivity index (χ3n) is 4.28. The van der Waals surface area contributed by atoms with E-state index in [1.807, 2.05) is 0 Å². The second-order valence-electron chi connectivity index (χ2n) is 6.55. The molecule has 18 heavy (non-hydrogen) atoms. The van der Waals surface area contributed by atoms with Crippen LogP contribution in [-0.2, 0) is 10.0 Å². The molecular formula is C13H26N2O2S. The van der Waals surface area contributed by atoms with Crippen molar-refractivity contribution in [3.05, 3.63) is 0 Å². The maximum Gasteiger partial charge on any atom is 0.214 e. The van der Waals surface area contributed by atoms with Crippen LogP contribution in [0.3, 0.4) is 0 Å². The predicted molar refractivity (Wildman–Crippen MR) is 74.0 cm³/mol. The third kappa shape index (κ3) is 3.68. The van der Waals surface area contributed by atoms with Crippen LogP contribution in [0.1, 0.15) is 39.5 Å². The van der Waals surface area contributed by atoms with Crippen LogP contribution in [0.2, 0.25) is 0 Å². The van der Waals surface area contributed by atoms with Gasteiger partial charge in [0, 0.05) is 13.1 Å². The average Bonchev–Trinajstić information content (AvgIpc) is 2.69. The summed E-state index contributed by atoms with van der Waals surface area (Å²) in [7, 11) is -3.02. The van der Waals surface area contributed by atoms with Crippen molar-refractivity contribution in [2.24, 2.45) is 11.3 Å². The summed E-state index contributed by atoms with van der Waals surface area (Å²) >= 11 is 0. The standard InChI is InChI=1S/C13H26N2O2S/c1-13(2)6-9-15(11-13)18(16,17)10-5-12-3-7-14-8-4-12/h12,14H,3-11H2,1-2H3. The van der Waals surface area contributed by atoms with Crippen molar-refractivity contribution < 1.29 is 8.42 Å². The second kappa shape index (κ2) is 5.47. The number of sulfonamides is 1. The lowest BCUT2D eigenvalue weighted by molar-refractivity contribution is 0.356. The lowest BCUT2D eigenvalue weighted by Gasteiger charge is -2.24. The number of piperidine rings is 1. The molecule has 0 aromatic rings. The van der Waals surface area contributed by atoms with Crippen molar-refractivity contribution in [2.75, 3.05) is 31.9 Å². The van der Waals surface area contributed by atoms with E-state index in [4.69, 9.17) is 0 Å². The Morgan fingerprint density at radius 1 is 1.28 bits per heavy atom. The van der Waals surface area contributed by atoms with Gasteiger partial charge in [0.1, 0.15) is 0 Å². The second-order valence-corrected chi connectivity index (χ2v) is 8.63. The fraction of sp³-hybridized carbons (Fsp3) is 1.00. The van der Waals surface area contributed by atoms with Crippen LogP contribution in [0.5, 0.6) is 0 Å². The molecule has 0 spiro atoms. The Balaban J connectivity index is 1.84. The summed E-state index contributed by atoms with van der Waals surface area (Å²) in [5.74, 6) is 0.935. The Morgan fingerprint density at radius 2 is 1.94 bits per heavy atom. The summed E-state index contributed by atoms with van der Waals surface area (Å²) in [6.45, 7) is 7.79. The Morgan fingerprint density at radius 3 is 2.50 bits per heavy atom. The molecular weight excluding hydrogens is 248 g/mol. The molecule has 4 nitrogen and oxygen atoms in total. The quantitative estimate of drug-likeness (QED) is 0.844. The maximum atomic E-state index is 12.3. The molecule has 0 aromatic heterocycles. The Labute approximate surface area is 111 Å². The molecule has 0 radical (unpaired) electrons. The van der Waals surface area contributed by atoms with Crippen LogP contribution in [0, 0.1) is 11.3 Å². The van der Waals surface area contributed by atoms with Crippen molar-refractivity contribution in [1.29, 1.82) is 0 Å². The normalized spacial score (nSPS) is 26.6. The number of nitrogens with one attached hydrogen (secondary N) is 1. The molecule has 2 fully saturated rings. The fourth-order valence-corrected chi connectivity index (χ4v) is 4.72. The van der Waals surface area contributed by atoms with E-state index in [9.17, 15) is 8.42 Å². The topological polar surface area (TPSA) is 49.4 Å². The zero-order valence-electron chi connectivity index (χ0n) is 11.6. The van der Waals surface area contributed by atoms with Gasteiger partial charge < -0.3 is 5.32 Å². The highest BCUT2D eigenvalue weighted by molar-refractivity contribution is 7.89. The van der Waals surface area contributed by atoms with Gasteiger partial charge in [-0.1, -0.05) is 13.8 Å². The molecule has 0 saturated carbocycles. The molecule has 0 atom stereocenters. The van der Waals surface area contributed by atoms with Crippen LogP contribution in [0.15, 0.2) is 0 Å². The van der Waals surface area contributed by atoms with Gasteiger partial charge in [-0.25, -0.2) is 12.7 Å². The Bertz CT molecular complexity index is 372. The van der Waals surface area contributed by atoms with E-state index < -0.39 is 10.0 Å². The van der Waals surface area contributed by atoms with E-state index in [2.05, 4.69) is 19.2 Å². The number of hydrogen-bond acceptors (Lipinski definition) is 3. The first-order valence-electron chi connectivity index (χ1n) is 7.08. The Kier molecular flexibility index (Phi) is 4.34. The van der Waals surface area contributed by atoms with Gasteiger partial charge in [0.15, 0.2) is 0 Å². The number of nitrogens with zero attached hydrogens (tertiary/aromatic N) is 1. The van der Waals surface area contributed by atoms with Crippen LogP contribution < -0.4 is 5.32 Å². The fourth-order valence-electron chi connectivity index (χ4n) is 2.92. The molecule has 2 heterocycles. The molecule has 2 saturated heterocycles. The lowest BCUT2D eigenvalue weighted by Crippen LogP contribution is -2.34. The lowest BCUT2D eigenvalue weighted by atomic mass is 9.93. The monoisotopic (exact) mass is 274 g/mol. The molecule has 2 aliphatic heterocycles. The van der Waals surface area contributed by atoms with Gasteiger partial charge in [0.2, 0.25) is 10.0 Å². The molecule has 0 aromatic carbocycles. The first kappa shape index (κ1) is 14.3. The average molecular weight is 274 g/mol. The first-order chi connectivity index (χ1) is 8.39. The highest BCUT2D eigenvalue weighted by atomic mass is 32.2. The summed E-state index contributed by atoms with van der Waals surface area (Å²) in [6, 6.07) is 0. The number of hydrogen-bond donors (Lipinski definition) is 1. The zero-order chi connectivity index (χ0) is 13.2. The summed E-state index contributed by atoms with van der Waals surface area (Å²) < 4.78 is 26.2. The van der Waals surface area contributed by atoms with E-state index in [0.29, 0.717) is 24.8 Å². The van der Waals surface area contributed by atoms with Crippen LogP contribution >= 0.6 is 0 Å². The van der Waals surface area contributed by atoms with Gasteiger partial charge in [-0.05, 0) is 50.1 Å². The first-order valence-corrected chi connectivity index (χ1v) is 8.69. The molecule has 5 heteroatoms. The molecule has 1 N–H and O–H groups in total. The van der Waals surface area contributed by atoms with Gasteiger partial charge in [-0.2, -0.15) is 0 Å². The van der Waals surface area contributed by atoms with Crippen LogP contribution in [0.4, 0.5) is 0 Å². The summed E-state index contributed by atoms with van der Waals surface area (Å²) in [4.78, 5) is 0. The van der Waals surface area contributed by atoms with Gasteiger partial charge in [-0.3, -0.25) is 0 Å². The van der Waals surface area contributed by atoms with E-state index >= 15 is 0 Å². The molecule has 0 aliphatic carbocycles. The molecule has 2 rings (SSSR count). The van der Waals surface area contributed by atoms with Gasteiger partial charge in [0.05, 0.1) is 5.75 Å². The van der Waals surface area contributed by atoms with Gasteiger partial charge >= 0.3 is 0 Å². The van der Waals surface area contributed by atoms with Crippen molar-refractivity contribution >= 4 is 10.0 Å². The van der Waals surface area contributed by atoms with E-state index in [1.165, 1.54) is 0 Å². The molecule has 2 aliphatic rings. The summed E-state index contributed by atoms with van der Waals surface area (Å²) in [5, 5.41) is 3.32.